The summed E-state index contributed by atoms with van der Waals surface area (Å²) in [5, 5.41) is 21.0. The van der Waals surface area contributed by atoms with Crippen LogP contribution in [0.3, 0.4) is 0 Å². The van der Waals surface area contributed by atoms with Crippen molar-refractivity contribution in [1.29, 1.82) is 0 Å². The molecule has 0 aliphatic carbocycles. The van der Waals surface area contributed by atoms with Crippen molar-refractivity contribution in [3.05, 3.63) is 65.2 Å². The van der Waals surface area contributed by atoms with Gasteiger partial charge in [0, 0.05) is 17.5 Å². The van der Waals surface area contributed by atoms with Crippen LogP contribution in [0.5, 0.6) is 5.75 Å². The fourth-order valence-corrected chi connectivity index (χ4v) is 2.21. The maximum atomic E-state index is 10.9. The molecule has 1 atom stereocenters. The molecule has 2 aromatic carbocycles. The number of aryl methyl sites for hydroxylation is 1. The van der Waals surface area contributed by atoms with Gasteiger partial charge in [0.1, 0.15) is 5.75 Å². The van der Waals surface area contributed by atoms with Crippen LogP contribution in [-0.2, 0) is 4.79 Å². The molecule has 0 unspecified atom stereocenters. The largest absolute Gasteiger partial charge is 0.550 e. The molecule has 0 amide bonds. The molecule has 0 bridgehead atoms. The number of hydrogen-bond acceptors (Lipinski definition) is 3. The van der Waals surface area contributed by atoms with Crippen LogP contribution in [0.2, 0.25) is 0 Å². The van der Waals surface area contributed by atoms with Gasteiger partial charge in [-0.05, 0) is 30.5 Å². The van der Waals surface area contributed by atoms with E-state index >= 15 is 0 Å². The summed E-state index contributed by atoms with van der Waals surface area (Å²) in [5.74, 6) is -1.41. The number of hydrogen-bond donors (Lipinski definition) is 1. The van der Waals surface area contributed by atoms with Crippen molar-refractivity contribution in [2.24, 2.45) is 0 Å². The lowest BCUT2D eigenvalue weighted by molar-refractivity contribution is -0.305. The van der Waals surface area contributed by atoms with Crippen LogP contribution in [0.15, 0.2) is 48.5 Å². The Bertz CT molecular complexity index is 576. The monoisotopic (exact) mass is 255 g/mol. The van der Waals surface area contributed by atoms with Crippen LogP contribution in [0.1, 0.15) is 29.0 Å². The number of phenols is 1. The molecular weight excluding hydrogens is 240 g/mol. The lowest BCUT2D eigenvalue weighted by Gasteiger charge is -2.20. The number of rotatable bonds is 4. The molecule has 0 radical (unpaired) electrons. The fraction of sp³-hybridized carbons (Fsp3) is 0.188. The van der Waals surface area contributed by atoms with Gasteiger partial charge in [-0.15, -0.1) is 0 Å². The minimum Gasteiger partial charge on any atom is -0.550 e. The molecule has 0 fully saturated rings. The van der Waals surface area contributed by atoms with Gasteiger partial charge < -0.3 is 15.0 Å². The second kappa shape index (κ2) is 5.57. The second-order valence-electron chi connectivity index (χ2n) is 4.60. The molecule has 3 heteroatoms. The summed E-state index contributed by atoms with van der Waals surface area (Å²) in [6, 6.07) is 14.5. The molecule has 1 N–H and O–H groups in total. The van der Waals surface area contributed by atoms with Crippen molar-refractivity contribution >= 4 is 5.97 Å². The van der Waals surface area contributed by atoms with Gasteiger partial charge in [-0.25, -0.2) is 0 Å². The first-order valence-corrected chi connectivity index (χ1v) is 6.12. The molecule has 0 aliphatic heterocycles. The van der Waals surface area contributed by atoms with Gasteiger partial charge in [0.05, 0.1) is 0 Å². The predicted molar refractivity (Wildman–Crippen MR) is 70.8 cm³/mol. The average Bonchev–Trinajstić information content (AvgIpc) is 2.37. The van der Waals surface area contributed by atoms with Crippen LogP contribution in [0, 0.1) is 6.92 Å². The van der Waals surface area contributed by atoms with Gasteiger partial charge in [-0.2, -0.15) is 0 Å². The van der Waals surface area contributed by atoms with Gasteiger partial charge in [0.2, 0.25) is 0 Å². The quantitative estimate of drug-likeness (QED) is 0.908. The van der Waals surface area contributed by atoms with Crippen molar-refractivity contribution in [3.8, 4) is 5.75 Å². The molecule has 3 nitrogen and oxygen atoms in total. The number of benzene rings is 2. The lowest BCUT2D eigenvalue weighted by atomic mass is 9.87. The highest BCUT2D eigenvalue weighted by Crippen LogP contribution is 2.34. The second-order valence-corrected chi connectivity index (χ2v) is 4.60. The Balaban J connectivity index is 2.46. The third kappa shape index (κ3) is 3.13. The first-order chi connectivity index (χ1) is 9.08. The van der Waals surface area contributed by atoms with Crippen LogP contribution < -0.4 is 5.11 Å². The first-order valence-electron chi connectivity index (χ1n) is 6.12. The molecule has 0 heterocycles. The maximum Gasteiger partial charge on any atom is 0.119 e. The van der Waals surface area contributed by atoms with Crippen molar-refractivity contribution < 1.29 is 15.0 Å². The summed E-state index contributed by atoms with van der Waals surface area (Å²) in [6.07, 6.45) is -0.152. The van der Waals surface area contributed by atoms with E-state index in [0.717, 1.165) is 11.1 Å². The Hall–Kier alpha value is -2.29. The molecule has 0 aromatic heterocycles. The van der Waals surface area contributed by atoms with Crippen molar-refractivity contribution in [3.63, 3.8) is 0 Å². The first kappa shape index (κ1) is 13.1. The molecule has 2 aromatic rings. The Kier molecular flexibility index (Phi) is 3.85. The van der Waals surface area contributed by atoms with Crippen molar-refractivity contribution in [1.82, 2.24) is 0 Å². The zero-order chi connectivity index (χ0) is 13.8. The van der Waals surface area contributed by atoms with Crippen LogP contribution in [0.25, 0.3) is 0 Å². The van der Waals surface area contributed by atoms with E-state index in [4.69, 9.17) is 0 Å². The smallest absolute Gasteiger partial charge is 0.119 e. The number of phenolic OH excluding ortho intramolecular Hbond substituents is 1. The van der Waals surface area contributed by atoms with Crippen molar-refractivity contribution in [2.75, 3.05) is 0 Å². The third-order valence-electron chi connectivity index (χ3n) is 3.13. The molecule has 0 aliphatic rings. The third-order valence-corrected chi connectivity index (χ3v) is 3.13. The van der Waals surface area contributed by atoms with Gasteiger partial charge in [0.15, 0.2) is 0 Å². The minimum absolute atomic E-state index is 0.120. The lowest BCUT2D eigenvalue weighted by Crippen LogP contribution is -2.25. The highest BCUT2D eigenvalue weighted by molar-refractivity contribution is 5.67. The fourth-order valence-electron chi connectivity index (χ4n) is 2.21. The Labute approximate surface area is 112 Å². The zero-order valence-corrected chi connectivity index (χ0v) is 10.7. The van der Waals surface area contributed by atoms with E-state index in [1.807, 2.05) is 43.3 Å². The molecule has 0 saturated heterocycles. The summed E-state index contributed by atoms with van der Waals surface area (Å²) in [4.78, 5) is 10.9. The van der Waals surface area contributed by atoms with E-state index in [-0.39, 0.29) is 12.2 Å². The number of carboxylic acid groups (broad SMARTS) is 1. The normalized spacial score (nSPS) is 12.1. The summed E-state index contributed by atoms with van der Waals surface area (Å²) in [6.45, 7) is 1.87. The van der Waals surface area contributed by atoms with E-state index in [2.05, 4.69) is 0 Å². The highest BCUT2D eigenvalue weighted by atomic mass is 16.4. The zero-order valence-electron chi connectivity index (χ0n) is 10.7. The minimum atomic E-state index is -1.13. The SMILES string of the molecule is Cc1ccc([C@H](CC(=O)[O-])c2ccccc2)c(O)c1. The van der Waals surface area contributed by atoms with E-state index in [1.54, 1.807) is 12.1 Å². The van der Waals surface area contributed by atoms with E-state index in [9.17, 15) is 15.0 Å². The van der Waals surface area contributed by atoms with Crippen molar-refractivity contribution in [2.45, 2.75) is 19.3 Å². The predicted octanol–water partition coefficient (Wildman–Crippen LogP) is 1.97. The Morgan fingerprint density at radius 1 is 1.21 bits per heavy atom. The van der Waals surface area contributed by atoms with Gasteiger partial charge >= 0.3 is 0 Å². The topological polar surface area (TPSA) is 60.4 Å². The maximum absolute atomic E-state index is 10.9. The number of aliphatic carboxylic acids is 1. The Morgan fingerprint density at radius 3 is 2.47 bits per heavy atom. The molecule has 2 rings (SSSR count). The summed E-state index contributed by atoms with van der Waals surface area (Å²) < 4.78 is 0. The van der Waals surface area contributed by atoms with E-state index in [1.165, 1.54) is 0 Å². The molecular formula is C16H15O3-. The standard InChI is InChI=1S/C16H16O3/c1-11-7-8-13(15(17)9-11)14(10-16(18)19)12-5-3-2-4-6-12/h2-9,14,17H,10H2,1H3,(H,18,19)/p-1/t14-/m1/s1. The molecule has 19 heavy (non-hydrogen) atoms. The number of carboxylic acids is 1. The number of carbonyl (C=O) groups is 1. The number of carbonyl (C=O) groups excluding carboxylic acids is 1. The molecule has 98 valence electrons. The van der Waals surface area contributed by atoms with E-state index < -0.39 is 11.9 Å². The molecule has 0 saturated carbocycles. The molecule has 0 spiro atoms. The highest BCUT2D eigenvalue weighted by Gasteiger charge is 2.17. The summed E-state index contributed by atoms with van der Waals surface area (Å²) in [5.41, 5.74) is 2.40. The van der Waals surface area contributed by atoms with Crippen LogP contribution in [-0.4, -0.2) is 11.1 Å². The van der Waals surface area contributed by atoms with Gasteiger partial charge in [-0.3, -0.25) is 0 Å². The van der Waals surface area contributed by atoms with Crippen LogP contribution >= 0.6 is 0 Å². The summed E-state index contributed by atoms with van der Waals surface area (Å²) >= 11 is 0. The van der Waals surface area contributed by atoms with Crippen LogP contribution in [0.4, 0.5) is 0 Å². The summed E-state index contributed by atoms with van der Waals surface area (Å²) in [7, 11) is 0. The average molecular weight is 255 g/mol. The Morgan fingerprint density at radius 2 is 1.89 bits per heavy atom. The van der Waals surface area contributed by atoms with Gasteiger partial charge in [-0.1, -0.05) is 42.5 Å². The van der Waals surface area contributed by atoms with Gasteiger partial charge in [0.25, 0.3) is 0 Å². The number of aromatic hydroxyl groups is 1. The van der Waals surface area contributed by atoms with E-state index in [0.29, 0.717) is 5.56 Å².